The maximum Gasteiger partial charge on any atom is 0.266 e. The van der Waals surface area contributed by atoms with Crippen molar-refractivity contribution in [1.29, 1.82) is 0 Å². The summed E-state index contributed by atoms with van der Waals surface area (Å²) >= 11 is 1.45. The number of amidine groups is 1. The third-order valence-electron chi connectivity index (χ3n) is 7.92. The molecule has 2 aromatic rings. The van der Waals surface area contributed by atoms with Crippen LogP contribution in [0.5, 0.6) is 0 Å². The van der Waals surface area contributed by atoms with Gasteiger partial charge in [-0.25, -0.2) is 4.99 Å². The number of hydrogen-bond donors (Lipinski definition) is 0. The number of hydrogen-bond acceptors (Lipinski definition) is 6. The number of aryl methyl sites for hydroxylation is 1. The monoisotopic (exact) mass is 532 g/mol. The fraction of sp³-hybridized carbons (Fsp3) is 0.484. The Morgan fingerprint density at radius 3 is 2.47 bits per heavy atom. The van der Waals surface area contributed by atoms with E-state index in [0.29, 0.717) is 22.0 Å². The van der Waals surface area contributed by atoms with Gasteiger partial charge in [0.15, 0.2) is 5.17 Å². The molecule has 0 aromatic heterocycles. The van der Waals surface area contributed by atoms with Gasteiger partial charge in [0.25, 0.3) is 5.91 Å². The first-order valence-electron chi connectivity index (χ1n) is 13.7. The van der Waals surface area contributed by atoms with E-state index in [2.05, 4.69) is 81.7 Å². The summed E-state index contributed by atoms with van der Waals surface area (Å²) in [5.41, 5.74) is 7.13. The number of benzene rings is 2. The summed E-state index contributed by atoms with van der Waals surface area (Å²) < 4.78 is 5.46. The number of carbonyl (C=O) groups is 1. The van der Waals surface area contributed by atoms with Crippen molar-refractivity contribution in [2.75, 3.05) is 43.2 Å². The zero-order valence-electron chi connectivity index (χ0n) is 23.7. The van der Waals surface area contributed by atoms with Gasteiger partial charge in [-0.05, 0) is 118 Å². The lowest BCUT2D eigenvalue weighted by Gasteiger charge is -2.50. The molecule has 0 saturated carbocycles. The van der Waals surface area contributed by atoms with Gasteiger partial charge in [-0.3, -0.25) is 9.69 Å². The van der Waals surface area contributed by atoms with E-state index in [-0.39, 0.29) is 11.4 Å². The smallest absolute Gasteiger partial charge is 0.266 e. The minimum absolute atomic E-state index is 0.00574. The Kier molecular flexibility index (Phi) is 7.35. The molecule has 3 aliphatic rings. The van der Waals surface area contributed by atoms with Crippen molar-refractivity contribution >= 4 is 46.0 Å². The second-order valence-corrected chi connectivity index (χ2v) is 12.6. The molecule has 202 valence electrons. The lowest BCUT2D eigenvalue weighted by molar-refractivity contribution is -0.121. The number of thioether (sulfide) groups is 1. The summed E-state index contributed by atoms with van der Waals surface area (Å²) in [6.45, 7) is 17.0. The molecule has 0 N–H and O–H groups in total. The second kappa shape index (κ2) is 10.4. The van der Waals surface area contributed by atoms with Gasteiger partial charge < -0.3 is 14.5 Å². The molecule has 2 aromatic carbocycles. The maximum atomic E-state index is 13.2. The van der Waals surface area contributed by atoms with Crippen molar-refractivity contribution in [2.24, 2.45) is 4.99 Å². The van der Waals surface area contributed by atoms with Crippen LogP contribution in [0.25, 0.3) is 6.08 Å². The Morgan fingerprint density at radius 1 is 1.13 bits per heavy atom. The Morgan fingerprint density at radius 2 is 1.82 bits per heavy atom. The standard InChI is InChI=1S/C31H40N4O2S/c1-20(2)35-27-16-21(3)23(17-26(27)22(4)19-31(35,5)6)18-28-29(36)33(7)30(38-28)32-24-8-10-25(11-9-24)34-12-14-37-15-13-34/h8-11,16-18,20,22H,12-15,19H2,1-7H3/b28-18-,32-30?/t22-/m0/s1. The highest BCUT2D eigenvalue weighted by Gasteiger charge is 2.38. The molecule has 3 aliphatic heterocycles. The zero-order valence-corrected chi connectivity index (χ0v) is 24.6. The van der Waals surface area contributed by atoms with E-state index >= 15 is 0 Å². The van der Waals surface area contributed by atoms with Gasteiger partial charge in [-0.2, -0.15) is 0 Å². The van der Waals surface area contributed by atoms with Gasteiger partial charge in [-0.15, -0.1) is 0 Å². The van der Waals surface area contributed by atoms with Crippen LogP contribution in [-0.2, 0) is 9.53 Å². The van der Waals surface area contributed by atoms with Crippen molar-refractivity contribution < 1.29 is 9.53 Å². The van der Waals surface area contributed by atoms with Crippen molar-refractivity contribution in [1.82, 2.24) is 4.90 Å². The molecule has 0 aliphatic carbocycles. The molecule has 2 fully saturated rings. The Labute approximate surface area is 231 Å². The predicted molar refractivity (Wildman–Crippen MR) is 161 cm³/mol. The first-order chi connectivity index (χ1) is 18.0. The molecule has 5 rings (SSSR count). The van der Waals surface area contributed by atoms with Gasteiger partial charge in [0.05, 0.1) is 23.8 Å². The van der Waals surface area contributed by atoms with Crippen molar-refractivity contribution in [3.8, 4) is 0 Å². The highest BCUT2D eigenvalue weighted by molar-refractivity contribution is 8.18. The van der Waals surface area contributed by atoms with Crippen LogP contribution in [0.2, 0.25) is 0 Å². The molecule has 0 unspecified atom stereocenters. The number of ether oxygens (including phenoxy) is 1. The average Bonchev–Trinajstić information content (AvgIpc) is 3.13. The third-order valence-corrected chi connectivity index (χ3v) is 8.98. The molecule has 3 heterocycles. The first kappa shape index (κ1) is 26.8. The summed E-state index contributed by atoms with van der Waals surface area (Å²) in [6, 6.07) is 13.3. The summed E-state index contributed by atoms with van der Waals surface area (Å²) in [5, 5.41) is 0.706. The molecule has 1 amide bonds. The number of carbonyl (C=O) groups excluding carboxylic acids is 1. The van der Waals surface area contributed by atoms with Crippen LogP contribution < -0.4 is 9.80 Å². The zero-order chi connectivity index (χ0) is 27.2. The fourth-order valence-electron chi connectivity index (χ4n) is 6.21. The minimum Gasteiger partial charge on any atom is -0.378 e. The second-order valence-electron chi connectivity index (χ2n) is 11.6. The van der Waals surface area contributed by atoms with Crippen molar-refractivity contribution in [3.63, 3.8) is 0 Å². The van der Waals surface area contributed by atoms with Crippen molar-refractivity contribution in [3.05, 3.63) is 58.0 Å². The summed E-state index contributed by atoms with van der Waals surface area (Å²) in [4.78, 5) is 25.3. The van der Waals surface area contributed by atoms with E-state index in [0.717, 1.165) is 44.0 Å². The quantitative estimate of drug-likeness (QED) is 0.417. The molecule has 0 spiro atoms. The van der Waals surface area contributed by atoms with E-state index < -0.39 is 0 Å². The van der Waals surface area contributed by atoms with Crippen LogP contribution >= 0.6 is 11.8 Å². The highest BCUT2D eigenvalue weighted by Crippen LogP contribution is 2.46. The van der Waals surface area contributed by atoms with Crippen LogP contribution in [0.3, 0.4) is 0 Å². The molecule has 38 heavy (non-hydrogen) atoms. The number of rotatable bonds is 4. The number of likely N-dealkylation sites (N-methyl/N-ethyl adjacent to an activating group) is 1. The van der Waals surface area contributed by atoms with E-state index in [4.69, 9.17) is 9.73 Å². The molecular weight excluding hydrogens is 492 g/mol. The minimum atomic E-state index is -0.00574. The lowest BCUT2D eigenvalue weighted by Crippen LogP contribution is -2.51. The highest BCUT2D eigenvalue weighted by atomic mass is 32.2. The summed E-state index contributed by atoms with van der Waals surface area (Å²) in [5.74, 6) is 0.453. The summed E-state index contributed by atoms with van der Waals surface area (Å²) in [6.07, 6.45) is 3.16. The third kappa shape index (κ3) is 5.10. The fourth-order valence-corrected chi connectivity index (χ4v) is 7.19. The molecule has 0 bridgehead atoms. The van der Waals surface area contributed by atoms with E-state index in [9.17, 15) is 4.79 Å². The molecule has 6 nitrogen and oxygen atoms in total. The average molecular weight is 533 g/mol. The predicted octanol–water partition coefficient (Wildman–Crippen LogP) is 6.57. The number of fused-ring (bicyclic) bond motifs is 1. The molecular formula is C31H40N4O2S. The number of anilines is 2. The number of amides is 1. The van der Waals surface area contributed by atoms with Crippen LogP contribution in [-0.4, -0.2) is 60.9 Å². The van der Waals surface area contributed by atoms with Crippen LogP contribution in [0.4, 0.5) is 17.1 Å². The normalized spacial score (nSPS) is 23.6. The first-order valence-corrected chi connectivity index (χ1v) is 14.5. The number of morpholine rings is 1. The topological polar surface area (TPSA) is 48.4 Å². The molecule has 2 saturated heterocycles. The van der Waals surface area contributed by atoms with Gasteiger partial charge in [0, 0.05) is 43.1 Å². The maximum absolute atomic E-state index is 13.2. The van der Waals surface area contributed by atoms with Crippen LogP contribution in [0.1, 0.15) is 63.6 Å². The Balaban J connectivity index is 1.41. The van der Waals surface area contributed by atoms with Gasteiger partial charge in [0.1, 0.15) is 0 Å². The lowest BCUT2D eigenvalue weighted by atomic mass is 9.78. The van der Waals surface area contributed by atoms with E-state index in [1.54, 1.807) is 4.90 Å². The molecule has 1 atom stereocenters. The SMILES string of the molecule is Cc1cc2c(cc1/C=C1\SC(=Nc3ccc(N4CCOCC4)cc3)N(C)C1=O)[C@@H](C)CC(C)(C)N2C(C)C. The molecule has 0 radical (unpaired) electrons. The van der Waals surface area contributed by atoms with Gasteiger partial charge in [0.2, 0.25) is 0 Å². The number of nitrogens with zero attached hydrogens (tertiary/aromatic N) is 4. The molecule has 7 heteroatoms. The van der Waals surface area contributed by atoms with E-state index in [1.807, 2.05) is 19.2 Å². The Hall–Kier alpha value is -2.77. The van der Waals surface area contributed by atoms with E-state index in [1.165, 1.54) is 34.3 Å². The van der Waals surface area contributed by atoms with Gasteiger partial charge in [-0.1, -0.05) is 6.92 Å². The Bertz CT molecular complexity index is 1280. The van der Waals surface area contributed by atoms with Crippen LogP contribution in [0.15, 0.2) is 46.3 Å². The summed E-state index contributed by atoms with van der Waals surface area (Å²) in [7, 11) is 1.81. The van der Waals surface area contributed by atoms with Gasteiger partial charge >= 0.3 is 0 Å². The largest absolute Gasteiger partial charge is 0.378 e. The van der Waals surface area contributed by atoms with Crippen molar-refractivity contribution in [2.45, 2.75) is 65.5 Å². The van der Waals surface area contributed by atoms with Crippen LogP contribution in [0, 0.1) is 6.92 Å². The number of aliphatic imine (C=N–C) groups is 1.